The van der Waals surface area contributed by atoms with Crippen LogP contribution < -0.4 is 10.1 Å². The van der Waals surface area contributed by atoms with Gasteiger partial charge in [0.05, 0.1) is 16.6 Å². The Morgan fingerprint density at radius 2 is 1.86 bits per heavy atom. The van der Waals surface area contributed by atoms with E-state index in [9.17, 15) is 4.39 Å². The summed E-state index contributed by atoms with van der Waals surface area (Å²) in [6.07, 6.45) is 3.69. The SMILES string of the molecule is CCN(CC)C(CSC)c1ccc(-c2ccc3ncnc(NCc4ccc(OCc5cccc(F)c5)c(Cl)c4)c3c2)o1. The number of aromatic nitrogens is 2. The molecule has 42 heavy (non-hydrogen) atoms. The van der Waals surface area contributed by atoms with Crippen molar-refractivity contribution in [1.82, 2.24) is 14.9 Å². The van der Waals surface area contributed by atoms with Gasteiger partial charge in [-0.25, -0.2) is 14.4 Å². The van der Waals surface area contributed by atoms with Crippen molar-refractivity contribution in [2.24, 2.45) is 0 Å². The molecule has 1 atom stereocenters. The number of ether oxygens (including phenoxy) is 1. The Labute approximate surface area is 255 Å². The van der Waals surface area contributed by atoms with Crippen molar-refractivity contribution < 1.29 is 13.5 Å². The summed E-state index contributed by atoms with van der Waals surface area (Å²) in [5, 5.41) is 4.82. The van der Waals surface area contributed by atoms with Crippen LogP contribution in [0.1, 0.15) is 36.8 Å². The summed E-state index contributed by atoms with van der Waals surface area (Å²) in [5.41, 5.74) is 3.51. The summed E-state index contributed by atoms with van der Waals surface area (Å²) in [7, 11) is 0. The van der Waals surface area contributed by atoms with E-state index in [1.54, 1.807) is 12.4 Å². The van der Waals surface area contributed by atoms with E-state index in [0.717, 1.165) is 63.8 Å². The van der Waals surface area contributed by atoms with Gasteiger partial charge in [0.1, 0.15) is 41.8 Å². The van der Waals surface area contributed by atoms with Crippen molar-refractivity contribution in [3.8, 4) is 17.1 Å². The highest BCUT2D eigenvalue weighted by Crippen LogP contribution is 2.33. The van der Waals surface area contributed by atoms with Gasteiger partial charge >= 0.3 is 0 Å². The molecule has 5 rings (SSSR count). The number of hydrogen-bond acceptors (Lipinski definition) is 7. The Kier molecular flexibility index (Phi) is 10.00. The molecule has 218 valence electrons. The number of furan rings is 1. The third kappa shape index (κ3) is 7.06. The molecule has 0 aliphatic heterocycles. The van der Waals surface area contributed by atoms with Crippen LogP contribution in [0.25, 0.3) is 22.2 Å². The van der Waals surface area contributed by atoms with E-state index in [1.165, 1.54) is 12.1 Å². The highest BCUT2D eigenvalue weighted by Gasteiger charge is 2.21. The first-order valence-electron chi connectivity index (χ1n) is 14.0. The lowest BCUT2D eigenvalue weighted by Gasteiger charge is -2.27. The van der Waals surface area contributed by atoms with Gasteiger partial charge < -0.3 is 14.5 Å². The number of rotatable bonds is 13. The zero-order valence-corrected chi connectivity index (χ0v) is 25.5. The Bertz CT molecular complexity index is 1640. The number of anilines is 1. The fraction of sp³-hybridized carbons (Fsp3) is 0.273. The fourth-order valence-electron chi connectivity index (χ4n) is 4.97. The first-order valence-corrected chi connectivity index (χ1v) is 15.7. The number of hydrogen-bond donors (Lipinski definition) is 1. The van der Waals surface area contributed by atoms with Crippen LogP contribution in [0.4, 0.5) is 10.2 Å². The zero-order valence-electron chi connectivity index (χ0n) is 23.9. The summed E-state index contributed by atoms with van der Waals surface area (Å²) >= 11 is 8.33. The maximum atomic E-state index is 13.5. The second kappa shape index (κ2) is 14.1. The van der Waals surface area contributed by atoms with Gasteiger partial charge in [0.25, 0.3) is 0 Å². The van der Waals surface area contributed by atoms with Gasteiger partial charge in [-0.05, 0) is 85.1 Å². The first-order chi connectivity index (χ1) is 20.5. The summed E-state index contributed by atoms with van der Waals surface area (Å²) < 4.78 is 25.7. The molecule has 1 unspecified atom stereocenters. The second-order valence-electron chi connectivity index (χ2n) is 9.89. The van der Waals surface area contributed by atoms with Crippen LogP contribution in [0.15, 0.2) is 83.5 Å². The lowest BCUT2D eigenvalue weighted by molar-refractivity contribution is 0.212. The van der Waals surface area contributed by atoms with Crippen molar-refractivity contribution in [2.45, 2.75) is 33.0 Å². The van der Waals surface area contributed by atoms with Crippen molar-refractivity contribution in [3.63, 3.8) is 0 Å². The van der Waals surface area contributed by atoms with Gasteiger partial charge in [-0.2, -0.15) is 11.8 Å². The van der Waals surface area contributed by atoms with Gasteiger partial charge in [-0.1, -0.05) is 43.6 Å². The lowest BCUT2D eigenvalue weighted by atomic mass is 10.1. The molecular weight excluding hydrogens is 571 g/mol. The molecule has 3 aromatic carbocycles. The molecule has 0 amide bonds. The van der Waals surface area contributed by atoms with Crippen molar-refractivity contribution in [1.29, 1.82) is 0 Å². The molecule has 0 bridgehead atoms. The molecule has 2 heterocycles. The average Bonchev–Trinajstić information content (AvgIpc) is 3.49. The summed E-state index contributed by atoms with van der Waals surface area (Å²) in [6, 6.07) is 22.4. The Hall–Kier alpha value is -3.59. The first kappa shape index (κ1) is 29.9. The quantitative estimate of drug-likeness (QED) is 0.144. The average molecular weight is 605 g/mol. The monoisotopic (exact) mass is 604 g/mol. The minimum atomic E-state index is -0.294. The summed E-state index contributed by atoms with van der Waals surface area (Å²) in [6.45, 7) is 7.04. The maximum Gasteiger partial charge on any atom is 0.138 e. The normalized spacial score (nSPS) is 12.1. The van der Waals surface area contributed by atoms with Gasteiger partial charge in [0.2, 0.25) is 0 Å². The molecule has 1 N–H and O–H groups in total. The maximum absolute atomic E-state index is 13.5. The molecule has 0 radical (unpaired) electrons. The number of fused-ring (bicyclic) bond motifs is 1. The summed E-state index contributed by atoms with van der Waals surface area (Å²) in [5.74, 6) is 3.74. The zero-order chi connectivity index (χ0) is 29.5. The van der Waals surface area contributed by atoms with Crippen LogP contribution in [0.5, 0.6) is 5.75 Å². The minimum Gasteiger partial charge on any atom is -0.487 e. The molecule has 0 aliphatic carbocycles. The number of halogens is 2. The number of benzene rings is 3. The molecule has 2 aromatic heterocycles. The smallest absolute Gasteiger partial charge is 0.138 e. The molecule has 0 aliphatic rings. The van der Waals surface area contributed by atoms with Gasteiger partial charge in [-0.15, -0.1) is 0 Å². The largest absolute Gasteiger partial charge is 0.487 e. The van der Waals surface area contributed by atoms with Crippen LogP contribution in [0.2, 0.25) is 5.02 Å². The number of thioether (sulfide) groups is 1. The van der Waals surface area contributed by atoms with Gasteiger partial charge in [0, 0.05) is 23.2 Å². The molecule has 0 saturated heterocycles. The lowest BCUT2D eigenvalue weighted by Crippen LogP contribution is -2.29. The fourth-order valence-corrected chi connectivity index (χ4v) is 5.92. The van der Waals surface area contributed by atoms with Crippen molar-refractivity contribution in [2.75, 3.05) is 30.4 Å². The van der Waals surface area contributed by atoms with Gasteiger partial charge in [0.15, 0.2) is 0 Å². The summed E-state index contributed by atoms with van der Waals surface area (Å²) in [4.78, 5) is 11.4. The number of nitrogens with zero attached hydrogens (tertiary/aromatic N) is 3. The van der Waals surface area contributed by atoms with Crippen molar-refractivity contribution in [3.05, 3.63) is 107 Å². The van der Waals surface area contributed by atoms with E-state index in [1.807, 2.05) is 54.2 Å². The third-order valence-corrected chi connectivity index (χ3v) is 8.14. The van der Waals surface area contributed by atoms with Crippen LogP contribution >= 0.6 is 23.4 Å². The minimum absolute atomic E-state index is 0.231. The van der Waals surface area contributed by atoms with E-state index in [4.69, 9.17) is 20.8 Å². The predicted octanol–water partition coefficient (Wildman–Crippen LogP) is 8.62. The van der Waals surface area contributed by atoms with Gasteiger partial charge in [-0.3, -0.25) is 4.90 Å². The molecule has 5 aromatic rings. The van der Waals surface area contributed by atoms with E-state index in [0.29, 0.717) is 17.3 Å². The molecule has 0 fully saturated rings. The van der Waals surface area contributed by atoms with Crippen LogP contribution in [-0.4, -0.2) is 40.0 Å². The van der Waals surface area contributed by atoms with Crippen molar-refractivity contribution >= 4 is 40.1 Å². The van der Waals surface area contributed by atoms with E-state index in [2.05, 4.69) is 52.4 Å². The Morgan fingerprint density at radius 3 is 2.62 bits per heavy atom. The highest BCUT2D eigenvalue weighted by atomic mass is 35.5. The van der Waals surface area contributed by atoms with Crippen LogP contribution in [-0.2, 0) is 13.2 Å². The number of nitrogens with one attached hydrogen (secondary N) is 1. The molecule has 0 spiro atoms. The Morgan fingerprint density at radius 1 is 1.00 bits per heavy atom. The molecule has 0 saturated carbocycles. The third-order valence-electron chi connectivity index (χ3n) is 7.19. The molecule has 6 nitrogen and oxygen atoms in total. The highest BCUT2D eigenvalue weighted by molar-refractivity contribution is 7.98. The molecular formula is C33H34ClFN4O2S. The predicted molar refractivity (Wildman–Crippen MR) is 171 cm³/mol. The van der Waals surface area contributed by atoms with E-state index in [-0.39, 0.29) is 18.5 Å². The van der Waals surface area contributed by atoms with Crippen LogP contribution in [0, 0.1) is 5.82 Å². The topological polar surface area (TPSA) is 63.4 Å². The molecule has 9 heteroatoms. The standard InChI is InChI=1S/C33H34ClFN4O2S/c1-4-39(5-2)29(20-42-3)32-14-13-30(41-32)24-10-11-28-26(17-24)33(38-21-37-28)36-18-22-9-12-31(27(34)16-22)40-19-23-7-6-8-25(35)15-23/h6-17,21,29H,4-5,18-20H2,1-3H3,(H,36,37,38). The second-order valence-corrected chi connectivity index (χ2v) is 11.2. The van der Waals surface area contributed by atoms with E-state index < -0.39 is 0 Å². The van der Waals surface area contributed by atoms with E-state index >= 15 is 0 Å². The van der Waals surface area contributed by atoms with Crippen LogP contribution in [0.3, 0.4) is 0 Å². The Balaban J connectivity index is 1.31.